The largest absolute Gasteiger partial charge is 0.481 e. The maximum absolute atomic E-state index is 5.85. The zero-order valence-corrected chi connectivity index (χ0v) is 16.9. The molecule has 0 radical (unpaired) electrons. The van der Waals surface area contributed by atoms with Gasteiger partial charge in [0.15, 0.2) is 6.10 Å². The molecule has 144 valence electrons. The summed E-state index contributed by atoms with van der Waals surface area (Å²) >= 11 is 0. The number of benzene rings is 2. The fraction of sp³-hybridized carbons (Fsp3) is 0.278. The molecule has 8 heteroatoms. The third-order valence-electron chi connectivity index (χ3n) is 3.88. The van der Waals surface area contributed by atoms with Crippen molar-refractivity contribution in [3.63, 3.8) is 0 Å². The van der Waals surface area contributed by atoms with Crippen LogP contribution in [0, 0.1) is 0 Å². The summed E-state index contributed by atoms with van der Waals surface area (Å²) in [7, 11) is 0. The third kappa shape index (κ3) is 6.04. The van der Waals surface area contributed by atoms with Crippen molar-refractivity contribution in [3.05, 3.63) is 59.2 Å². The lowest BCUT2D eigenvalue weighted by Gasteiger charge is -2.21. The highest BCUT2D eigenvalue weighted by Gasteiger charge is 2.18. The highest BCUT2D eigenvalue weighted by molar-refractivity contribution is 5.89. The Morgan fingerprint density at radius 1 is 1.00 bits per heavy atom. The van der Waals surface area contributed by atoms with Gasteiger partial charge in [-0.15, -0.1) is 37.2 Å². The van der Waals surface area contributed by atoms with Gasteiger partial charge in [0.05, 0.1) is 0 Å². The van der Waals surface area contributed by atoms with Crippen molar-refractivity contribution < 1.29 is 4.74 Å². The van der Waals surface area contributed by atoms with Gasteiger partial charge in [-0.2, -0.15) is 0 Å². The van der Waals surface area contributed by atoms with E-state index in [1.165, 1.54) is 5.56 Å². The second kappa shape index (κ2) is 11.3. The van der Waals surface area contributed by atoms with Crippen molar-refractivity contribution in [1.29, 1.82) is 0 Å². The van der Waals surface area contributed by atoms with E-state index in [2.05, 4.69) is 22.4 Å². The lowest BCUT2D eigenvalue weighted by Crippen LogP contribution is -2.33. The van der Waals surface area contributed by atoms with Crippen LogP contribution in [0.25, 0.3) is 0 Å². The third-order valence-corrected chi connectivity index (χ3v) is 3.88. The monoisotopic (exact) mass is 418 g/mol. The predicted octanol–water partition coefficient (Wildman–Crippen LogP) is 3.47. The Bertz CT molecular complexity index is 740. The highest BCUT2D eigenvalue weighted by atomic mass is 35.5. The van der Waals surface area contributed by atoms with Crippen molar-refractivity contribution in [2.75, 3.05) is 0 Å². The summed E-state index contributed by atoms with van der Waals surface area (Å²) in [5, 5.41) is 3.43. The quantitative estimate of drug-likeness (QED) is 0.692. The number of hydrogen-bond acceptors (Lipinski definition) is 5. The molecule has 3 rings (SSSR count). The Labute approximate surface area is 172 Å². The average Bonchev–Trinajstić information content (AvgIpc) is 2.56. The molecule has 1 aliphatic heterocycles. The number of rotatable bonds is 5. The van der Waals surface area contributed by atoms with Crippen LogP contribution in [0.3, 0.4) is 0 Å². The van der Waals surface area contributed by atoms with Crippen LogP contribution in [0.15, 0.2) is 47.5 Å². The van der Waals surface area contributed by atoms with Crippen LogP contribution >= 0.6 is 37.2 Å². The summed E-state index contributed by atoms with van der Waals surface area (Å²) < 4.78 is 5.71. The van der Waals surface area contributed by atoms with E-state index in [1.54, 1.807) is 0 Å². The normalized spacial score (nSPS) is 14.5. The smallest absolute Gasteiger partial charge is 0.153 e. The molecule has 1 unspecified atom stereocenters. The minimum Gasteiger partial charge on any atom is -0.481 e. The Balaban J connectivity index is 0.00000208. The summed E-state index contributed by atoms with van der Waals surface area (Å²) in [5.41, 5.74) is 15.8. The first-order valence-corrected chi connectivity index (χ1v) is 7.78. The van der Waals surface area contributed by atoms with E-state index >= 15 is 0 Å². The molecule has 0 saturated carbocycles. The minimum atomic E-state index is -0.165. The predicted molar refractivity (Wildman–Crippen MR) is 114 cm³/mol. The number of hydrogen-bond donors (Lipinski definition) is 3. The average molecular weight is 420 g/mol. The van der Waals surface area contributed by atoms with Crippen LogP contribution < -0.4 is 21.5 Å². The Kier molecular flexibility index (Phi) is 10.6. The zero-order chi connectivity index (χ0) is 16.2. The number of nitrogens with zero attached hydrogens (tertiary/aromatic N) is 1. The molecule has 1 aliphatic rings. The minimum absolute atomic E-state index is 0. The number of aliphatic imine (C=N–C) groups is 1. The first-order valence-electron chi connectivity index (χ1n) is 7.78. The summed E-state index contributed by atoms with van der Waals surface area (Å²) in [4.78, 5) is 4.40. The van der Waals surface area contributed by atoms with Gasteiger partial charge < -0.3 is 21.5 Å². The second-order valence-corrected chi connectivity index (χ2v) is 5.73. The Morgan fingerprint density at radius 2 is 1.65 bits per heavy atom. The van der Waals surface area contributed by atoms with E-state index in [9.17, 15) is 0 Å². The summed E-state index contributed by atoms with van der Waals surface area (Å²) in [6.07, 6.45) is -0.165. The molecule has 26 heavy (non-hydrogen) atoms. The molecule has 2 aromatic rings. The number of ether oxygens (including phenoxy) is 1. The molecule has 0 aromatic heterocycles. The maximum atomic E-state index is 5.85. The van der Waals surface area contributed by atoms with Crippen molar-refractivity contribution in [3.8, 4) is 5.75 Å². The van der Waals surface area contributed by atoms with Crippen LogP contribution in [0.1, 0.15) is 23.6 Å². The summed E-state index contributed by atoms with van der Waals surface area (Å²) in [6.45, 7) is 4.01. The topological polar surface area (TPSA) is 85.7 Å². The second-order valence-electron chi connectivity index (χ2n) is 5.73. The SMILES string of the molecule is CC1Oc2ccc(CNCc3cccc(CN)c3)cc2N=C1N.Cl.Cl.Cl. The van der Waals surface area contributed by atoms with Crippen molar-refractivity contribution in [2.45, 2.75) is 32.7 Å². The van der Waals surface area contributed by atoms with Crippen LogP contribution in [0.5, 0.6) is 5.75 Å². The summed E-state index contributed by atoms with van der Waals surface area (Å²) in [5.74, 6) is 1.30. The fourth-order valence-corrected chi connectivity index (χ4v) is 2.56. The van der Waals surface area contributed by atoms with E-state index in [-0.39, 0.29) is 43.3 Å². The number of nitrogens with one attached hydrogen (secondary N) is 1. The van der Waals surface area contributed by atoms with Gasteiger partial charge >= 0.3 is 0 Å². The summed E-state index contributed by atoms with van der Waals surface area (Å²) in [6, 6.07) is 14.3. The van der Waals surface area contributed by atoms with E-state index in [0.29, 0.717) is 12.4 Å². The van der Waals surface area contributed by atoms with Crippen LogP contribution in [0.2, 0.25) is 0 Å². The van der Waals surface area contributed by atoms with Gasteiger partial charge in [0.25, 0.3) is 0 Å². The van der Waals surface area contributed by atoms with Crippen molar-refractivity contribution >= 4 is 48.7 Å². The molecular formula is C18H25Cl3N4O. The zero-order valence-electron chi connectivity index (χ0n) is 14.5. The van der Waals surface area contributed by atoms with Gasteiger partial charge in [-0.05, 0) is 35.7 Å². The van der Waals surface area contributed by atoms with Crippen molar-refractivity contribution in [2.24, 2.45) is 16.5 Å². The van der Waals surface area contributed by atoms with Crippen molar-refractivity contribution in [1.82, 2.24) is 5.32 Å². The molecule has 0 saturated heterocycles. The fourth-order valence-electron chi connectivity index (χ4n) is 2.56. The lowest BCUT2D eigenvalue weighted by molar-refractivity contribution is 0.281. The van der Waals surface area contributed by atoms with Crippen LogP contribution in [-0.2, 0) is 19.6 Å². The number of fused-ring (bicyclic) bond motifs is 1. The first-order chi connectivity index (χ1) is 11.2. The van der Waals surface area contributed by atoms with Gasteiger partial charge in [-0.3, -0.25) is 0 Å². The molecule has 0 spiro atoms. The number of nitrogens with two attached hydrogens (primary N) is 2. The first kappa shape index (κ1) is 24.5. The van der Waals surface area contributed by atoms with Gasteiger partial charge in [0.2, 0.25) is 0 Å². The molecule has 0 fully saturated rings. The molecular weight excluding hydrogens is 395 g/mol. The highest BCUT2D eigenvalue weighted by Crippen LogP contribution is 2.32. The molecule has 1 atom stereocenters. The van der Waals surface area contributed by atoms with Gasteiger partial charge in [0, 0.05) is 19.6 Å². The van der Waals surface area contributed by atoms with E-state index in [1.807, 2.05) is 37.3 Å². The molecule has 5 N–H and O–H groups in total. The Hall–Kier alpha value is -1.50. The molecule has 0 bridgehead atoms. The van der Waals surface area contributed by atoms with Crippen LogP contribution in [-0.4, -0.2) is 11.9 Å². The van der Waals surface area contributed by atoms with Gasteiger partial charge in [0.1, 0.15) is 17.3 Å². The van der Waals surface area contributed by atoms with Crippen LogP contribution in [0.4, 0.5) is 5.69 Å². The lowest BCUT2D eigenvalue weighted by atomic mass is 10.1. The molecule has 0 aliphatic carbocycles. The maximum Gasteiger partial charge on any atom is 0.153 e. The number of amidine groups is 1. The van der Waals surface area contributed by atoms with E-state index in [4.69, 9.17) is 16.2 Å². The van der Waals surface area contributed by atoms with E-state index in [0.717, 1.165) is 35.7 Å². The van der Waals surface area contributed by atoms with Gasteiger partial charge in [-0.1, -0.05) is 30.3 Å². The Morgan fingerprint density at radius 3 is 2.35 bits per heavy atom. The molecule has 0 amide bonds. The molecule has 1 heterocycles. The van der Waals surface area contributed by atoms with E-state index < -0.39 is 0 Å². The molecule has 2 aromatic carbocycles. The number of halogens is 3. The standard InChI is InChI=1S/C18H22N4O.3ClH/c1-12-18(20)22-16-8-15(5-6-17(16)23-12)11-21-10-14-4-2-3-13(7-14)9-19;;;/h2-8,12,21H,9-11,19H2,1H3,(H2,20,22);3*1H. The molecule has 5 nitrogen and oxygen atoms in total. The van der Waals surface area contributed by atoms with Gasteiger partial charge in [-0.25, -0.2) is 4.99 Å².